The molecule has 5 nitrogen and oxygen atoms in total. The Morgan fingerprint density at radius 2 is 1.55 bits per heavy atom. The van der Waals surface area contributed by atoms with E-state index in [9.17, 15) is 8.42 Å². The fourth-order valence-corrected chi connectivity index (χ4v) is 3.72. The zero-order valence-corrected chi connectivity index (χ0v) is 14.8. The standard InChI is InChI=1S/C14H33N3O2S/c1-7-15-9-8-10-16(6)20(18,19)17(11-13(2)3)12-14(4)5/h13-15H,7-12H2,1-6H3. The molecular weight excluding hydrogens is 274 g/mol. The normalized spacial score (nSPS) is 13.1. The van der Waals surface area contributed by atoms with Crippen LogP contribution in [-0.4, -0.2) is 56.8 Å². The summed E-state index contributed by atoms with van der Waals surface area (Å²) in [4.78, 5) is 0. The molecule has 1 N–H and O–H groups in total. The Balaban J connectivity index is 4.65. The number of hydrogen-bond acceptors (Lipinski definition) is 3. The number of nitrogens with one attached hydrogen (secondary N) is 1. The van der Waals surface area contributed by atoms with Crippen LogP contribution < -0.4 is 5.32 Å². The quantitative estimate of drug-likeness (QED) is 0.592. The van der Waals surface area contributed by atoms with Crippen LogP contribution in [0.3, 0.4) is 0 Å². The van der Waals surface area contributed by atoms with Crippen molar-refractivity contribution in [2.24, 2.45) is 11.8 Å². The maximum absolute atomic E-state index is 12.6. The first-order valence-corrected chi connectivity index (χ1v) is 9.03. The molecule has 0 bridgehead atoms. The van der Waals surface area contributed by atoms with E-state index in [-0.39, 0.29) is 0 Å². The van der Waals surface area contributed by atoms with E-state index in [0.717, 1.165) is 19.5 Å². The van der Waals surface area contributed by atoms with Crippen molar-refractivity contribution in [3.05, 3.63) is 0 Å². The SMILES string of the molecule is CCNCCCN(C)S(=O)(=O)N(CC(C)C)CC(C)C. The van der Waals surface area contributed by atoms with E-state index in [0.29, 0.717) is 31.5 Å². The van der Waals surface area contributed by atoms with Crippen molar-refractivity contribution in [1.82, 2.24) is 13.9 Å². The molecule has 0 unspecified atom stereocenters. The van der Waals surface area contributed by atoms with E-state index in [1.165, 1.54) is 4.31 Å². The molecule has 0 saturated heterocycles. The van der Waals surface area contributed by atoms with Gasteiger partial charge in [0, 0.05) is 26.7 Å². The molecule has 0 radical (unpaired) electrons. The van der Waals surface area contributed by atoms with Crippen LogP contribution in [-0.2, 0) is 10.2 Å². The molecule has 0 aromatic heterocycles. The van der Waals surface area contributed by atoms with Gasteiger partial charge in [0.05, 0.1) is 0 Å². The highest BCUT2D eigenvalue weighted by Gasteiger charge is 2.27. The van der Waals surface area contributed by atoms with Gasteiger partial charge in [-0.2, -0.15) is 17.0 Å². The zero-order valence-electron chi connectivity index (χ0n) is 14.0. The summed E-state index contributed by atoms with van der Waals surface area (Å²) in [6.07, 6.45) is 0.834. The van der Waals surface area contributed by atoms with Gasteiger partial charge in [-0.05, 0) is 31.3 Å². The third-order valence-electron chi connectivity index (χ3n) is 2.93. The molecule has 0 aliphatic heterocycles. The second kappa shape index (κ2) is 9.71. The van der Waals surface area contributed by atoms with Gasteiger partial charge < -0.3 is 5.32 Å². The third kappa shape index (κ3) is 7.57. The monoisotopic (exact) mass is 307 g/mol. The molecule has 0 rings (SSSR count). The van der Waals surface area contributed by atoms with Gasteiger partial charge >= 0.3 is 0 Å². The first-order valence-electron chi connectivity index (χ1n) is 7.63. The van der Waals surface area contributed by atoms with Crippen LogP contribution in [0.4, 0.5) is 0 Å². The van der Waals surface area contributed by atoms with E-state index in [1.807, 2.05) is 34.6 Å². The number of hydrogen-bond donors (Lipinski definition) is 1. The molecule has 0 aromatic rings. The molecule has 0 aliphatic rings. The molecule has 0 heterocycles. The highest BCUT2D eigenvalue weighted by molar-refractivity contribution is 7.86. The summed E-state index contributed by atoms with van der Waals surface area (Å²) in [5.41, 5.74) is 0. The lowest BCUT2D eigenvalue weighted by Gasteiger charge is -2.30. The molecule has 20 heavy (non-hydrogen) atoms. The lowest BCUT2D eigenvalue weighted by molar-refractivity contribution is 0.304. The summed E-state index contributed by atoms with van der Waals surface area (Å²) in [6.45, 7) is 13.7. The van der Waals surface area contributed by atoms with Crippen molar-refractivity contribution in [3.8, 4) is 0 Å². The van der Waals surface area contributed by atoms with E-state index >= 15 is 0 Å². The molecule has 0 spiro atoms. The van der Waals surface area contributed by atoms with Gasteiger partial charge in [0.1, 0.15) is 0 Å². The Bertz CT molecular complexity index is 332. The maximum atomic E-state index is 12.6. The van der Waals surface area contributed by atoms with Gasteiger partial charge in [0.25, 0.3) is 10.2 Å². The predicted octanol–water partition coefficient (Wildman–Crippen LogP) is 1.78. The van der Waals surface area contributed by atoms with Crippen molar-refractivity contribution >= 4 is 10.2 Å². The average Bonchev–Trinajstić information content (AvgIpc) is 2.32. The van der Waals surface area contributed by atoms with E-state index < -0.39 is 10.2 Å². The Morgan fingerprint density at radius 1 is 1.05 bits per heavy atom. The second-order valence-electron chi connectivity index (χ2n) is 6.14. The van der Waals surface area contributed by atoms with Gasteiger partial charge in [-0.15, -0.1) is 0 Å². The fraction of sp³-hybridized carbons (Fsp3) is 1.00. The second-order valence-corrected chi connectivity index (χ2v) is 8.18. The molecular formula is C14H33N3O2S. The van der Waals surface area contributed by atoms with Crippen LogP contribution in [0.2, 0.25) is 0 Å². The van der Waals surface area contributed by atoms with Crippen molar-refractivity contribution in [3.63, 3.8) is 0 Å². The molecule has 122 valence electrons. The van der Waals surface area contributed by atoms with E-state index in [2.05, 4.69) is 5.32 Å². The lowest BCUT2D eigenvalue weighted by Crippen LogP contribution is -2.45. The summed E-state index contributed by atoms with van der Waals surface area (Å²) < 4.78 is 28.3. The van der Waals surface area contributed by atoms with Crippen LogP contribution in [0.5, 0.6) is 0 Å². The van der Waals surface area contributed by atoms with Crippen LogP contribution in [0.25, 0.3) is 0 Å². The minimum absolute atomic E-state index is 0.332. The summed E-state index contributed by atoms with van der Waals surface area (Å²) >= 11 is 0. The highest BCUT2D eigenvalue weighted by atomic mass is 32.2. The average molecular weight is 308 g/mol. The Hall–Kier alpha value is -0.170. The van der Waals surface area contributed by atoms with Crippen LogP contribution in [0.1, 0.15) is 41.0 Å². The van der Waals surface area contributed by atoms with E-state index in [1.54, 1.807) is 11.4 Å². The Labute approximate surface area is 125 Å². The summed E-state index contributed by atoms with van der Waals surface area (Å²) in [7, 11) is -1.66. The fourth-order valence-electron chi connectivity index (χ4n) is 1.99. The Kier molecular flexibility index (Phi) is 9.63. The lowest BCUT2D eigenvalue weighted by atomic mass is 10.2. The maximum Gasteiger partial charge on any atom is 0.281 e. The van der Waals surface area contributed by atoms with Crippen LogP contribution >= 0.6 is 0 Å². The highest BCUT2D eigenvalue weighted by Crippen LogP contribution is 2.13. The molecule has 0 amide bonds. The largest absolute Gasteiger partial charge is 0.317 e. The Morgan fingerprint density at radius 3 is 1.95 bits per heavy atom. The number of nitrogens with zero attached hydrogens (tertiary/aromatic N) is 2. The van der Waals surface area contributed by atoms with Gasteiger partial charge in [-0.1, -0.05) is 34.6 Å². The molecule has 0 aliphatic carbocycles. The summed E-state index contributed by atoms with van der Waals surface area (Å²) in [5, 5.41) is 3.21. The van der Waals surface area contributed by atoms with Gasteiger partial charge in [0.15, 0.2) is 0 Å². The molecule has 0 atom stereocenters. The summed E-state index contributed by atoms with van der Waals surface area (Å²) in [5.74, 6) is 0.664. The van der Waals surface area contributed by atoms with Crippen molar-refractivity contribution < 1.29 is 8.42 Å². The summed E-state index contributed by atoms with van der Waals surface area (Å²) in [6, 6.07) is 0. The van der Waals surface area contributed by atoms with Gasteiger partial charge in [-0.3, -0.25) is 0 Å². The van der Waals surface area contributed by atoms with Crippen LogP contribution in [0.15, 0.2) is 0 Å². The molecule has 0 saturated carbocycles. The molecule has 0 fully saturated rings. The van der Waals surface area contributed by atoms with Crippen molar-refractivity contribution in [1.29, 1.82) is 0 Å². The number of rotatable bonds is 11. The first-order chi connectivity index (χ1) is 9.21. The van der Waals surface area contributed by atoms with Crippen molar-refractivity contribution in [2.75, 3.05) is 39.8 Å². The third-order valence-corrected chi connectivity index (χ3v) is 4.86. The molecule has 6 heteroatoms. The predicted molar refractivity (Wildman–Crippen MR) is 86.0 cm³/mol. The first kappa shape index (κ1) is 19.8. The minimum Gasteiger partial charge on any atom is -0.317 e. The van der Waals surface area contributed by atoms with Crippen molar-refractivity contribution in [2.45, 2.75) is 41.0 Å². The molecule has 0 aromatic carbocycles. The van der Waals surface area contributed by atoms with Crippen LogP contribution in [0, 0.1) is 11.8 Å². The topological polar surface area (TPSA) is 52.7 Å². The van der Waals surface area contributed by atoms with Gasteiger partial charge in [0.2, 0.25) is 0 Å². The van der Waals surface area contributed by atoms with Gasteiger partial charge in [-0.25, -0.2) is 0 Å². The zero-order chi connectivity index (χ0) is 15.8. The minimum atomic E-state index is -3.34. The smallest absolute Gasteiger partial charge is 0.281 e. The van der Waals surface area contributed by atoms with E-state index in [4.69, 9.17) is 0 Å².